The summed E-state index contributed by atoms with van der Waals surface area (Å²) < 4.78 is 0. The van der Waals surface area contributed by atoms with Gasteiger partial charge in [-0.15, -0.1) is 0 Å². The van der Waals surface area contributed by atoms with Gasteiger partial charge in [0.05, 0.1) is 10.8 Å². The van der Waals surface area contributed by atoms with Crippen LogP contribution in [0.2, 0.25) is 0 Å². The molecular formula is C16H17NO2S. The van der Waals surface area contributed by atoms with Crippen LogP contribution in [0.5, 0.6) is 0 Å². The number of rotatable bonds is 1. The first-order chi connectivity index (χ1) is 9.66. The molecule has 1 aromatic rings. The van der Waals surface area contributed by atoms with E-state index < -0.39 is 0 Å². The van der Waals surface area contributed by atoms with E-state index in [1.54, 1.807) is 4.90 Å². The molecule has 3 nitrogen and oxygen atoms in total. The summed E-state index contributed by atoms with van der Waals surface area (Å²) in [7, 11) is 0. The van der Waals surface area contributed by atoms with Crippen LogP contribution >= 0.6 is 11.8 Å². The number of carbonyl (C=O) groups is 2. The number of benzene rings is 1. The molecule has 20 heavy (non-hydrogen) atoms. The standard InChI is InChI=1S/C16H17NO2S/c1-11-6-8-12(9-7-11)17-15(19)10-20-16(17)13-4-2-3-5-14(13)18/h6-9H,2-5,10H2,1H3. The van der Waals surface area contributed by atoms with Gasteiger partial charge in [-0.1, -0.05) is 29.5 Å². The number of carbonyl (C=O) groups excluding carboxylic acids is 2. The van der Waals surface area contributed by atoms with Gasteiger partial charge in [0.15, 0.2) is 5.78 Å². The van der Waals surface area contributed by atoms with E-state index >= 15 is 0 Å². The average molecular weight is 287 g/mol. The van der Waals surface area contributed by atoms with E-state index in [1.807, 2.05) is 31.2 Å². The Hall–Kier alpha value is -1.55. The molecule has 1 amide bonds. The number of allylic oxidation sites excluding steroid dienone is 1. The fourth-order valence-electron chi connectivity index (χ4n) is 2.65. The predicted octanol–water partition coefficient (Wildman–Crippen LogP) is 3.43. The van der Waals surface area contributed by atoms with Crippen molar-refractivity contribution in [2.75, 3.05) is 10.7 Å². The SMILES string of the molecule is Cc1ccc(N2C(=O)CSC2=C2CCCCC2=O)cc1. The van der Waals surface area contributed by atoms with Gasteiger partial charge in [0.2, 0.25) is 5.91 Å². The van der Waals surface area contributed by atoms with Crippen molar-refractivity contribution >= 4 is 29.1 Å². The Bertz CT molecular complexity index is 589. The van der Waals surface area contributed by atoms with Crippen molar-refractivity contribution in [3.8, 4) is 0 Å². The van der Waals surface area contributed by atoms with E-state index in [0.717, 1.165) is 41.1 Å². The first-order valence-electron chi connectivity index (χ1n) is 6.95. The maximum atomic E-state index is 12.2. The number of nitrogens with zero attached hydrogens (tertiary/aromatic N) is 1. The number of ketones is 1. The summed E-state index contributed by atoms with van der Waals surface area (Å²) in [6, 6.07) is 7.90. The molecule has 1 heterocycles. The normalized spacial score (nSPS) is 23.6. The molecule has 1 saturated heterocycles. The summed E-state index contributed by atoms with van der Waals surface area (Å²) in [6.45, 7) is 2.02. The van der Waals surface area contributed by atoms with Crippen LogP contribution in [0.1, 0.15) is 31.2 Å². The highest BCUT2D eigenvalue weighted by molar-refractivity contribution is 8.04. The van der Waals surface area contributed by atoms with Crippen molar-refractivity contribution in [1.82, 2.24) is 0 Å². The number of thioether (sulfide) groups is 1. The predicted molar refractivity (Wildman–Crippen MR) is 81.6 cm³/mol. The molecule has 0 atom stereocenters. The fraction of sp³-hybridized carbons (Fsp3) is 0.375. The number of anilines is 1. The Morgan fingerprint density at radius 3 is 2.45 bits per heavy atom. The molecule has 0 radical (unpaired) electrons. The second-order valence-corrected chi connectivity index (χ2v) is 6.23. The zero-order chi connectivity index (χ0) is 14.1. The molecule has 1 saturated carbocycles. The lowest BCUT2D eigenvalue weighted by atomic mass is 9.94. The first kappa shape index (κ1) is 13.4. The Labute approximate surface area is 123 Å². The van der Waals surface area contributed by atoms with Crippen LogP contribution in [0.4, 0.5) is 5.69 Å². The Morgan fingerprint density at radius 2 is 1.75 bits per heavy atom. The largest absolute Gasteiger partial charge is 0.294 e. The van der Waals surface area contributed by atoms with E-state index in [2.05, 4.69) is 0 Å². The van der Waals surface area contributed by atoms with Crippen LogP contribution in [-0.4, -0.2) is 17.4 Å². The van der Waals surface area contributed by atoms with Crippen molar-refractivity contribution in [1.29, 1.82) is 0 Å². The molecule has 104 valence electrons. The highest BCUT2D eigenvalue weighted by Gasteiger charge is 2.33. The minimum absolute atomic E-state index is 0.0692. The molecule has 2 fully saturated rings. The molecule has 0 bridgehead atoms. The van der Waals surface area contributed by atoms with Gasteiger partial charge in [0, 0.05) is 17.7 Å². The van der Waals surface area contributed by atoms with E-state index in [0.29, 0.717) is 12.2 Å². The second kappa shape index (κ2) is 5.44. The number of aryl methyl sites for hydroxylation is 1. The van der Waals surface area contributed by atoms with Crippen LogP contribution in [0.25, 0.3) is 0 Å². The lowest BCUT2D eigenvalue weighted by molar-refractivity contribution is -0.116. The molecule has 0 unspecified atom stereocenters. The Morgan fingerprint density at radius 1 is 1.05 bits per heavy atom. The van der Waals surface area contributed by atoms with Gasteiger partial charge in [0.25, 0.3) is 0 Å². The summed E-state index contributed by atoms with van der Waals surface area (Å²) in [5, 5.41) is 0.864. The molecule has 4 heteroatoms. The van der Waals surface area contributed by atoms with Gasteiger partial charge in [-0.3, -0.25) is 14.5 Å². The van der Waals surface area contributed by atoms with E-state index in [1.165, 1.54) is 11.8 Å². The second-order valence-electron chi connectivity index (χ2n) is 5.27. The van der Waals surface area contributed by atoms with Gasteiger partial charge in [-0.05, 0) is 38.3 Å². The lowest BCUT2D eigenvalue weighted by Gasteiger charge is -2.22. The molecule has 1 aliphatic carbocycles. The molecular weight excluding hydrogens is 270 g/mol. The molecule has 3 rings (SSSR count). The Balaban J connectivity index is 2.02. The number of hydrogen-bond acceptors (Lipinski definition) is 3. The molecule has 0 spiro atoms. The number of hydrogen-bond donors (Lipinski definition) is 0. The molecule has 0 aromatic heterocycles. The van der Waals surface area contributed by atoms with E-state index in [9.17, 15) is 9.59 Å². The zero-order valence-corrected chi connectivity index (χ0v) is 12.3. The third kappa shape index (κ3) is 2.40. The number of amides is 1. The minimum Gasteiger partial charge on any atom is -0.294 e. The van der Waals surface area contributed by atoms with E-state index in [4.69, 9.17) is 0 Å². The van der Waals surface area contributed by atoms with Crippen LogP contribution < -0.4 is 4.90 Å². The topological polar surface area (TPSA) is 37.4 Å². The van der Waals surface area contributed by atoms with Crippen molar-refractivity contribution in [3.05, 3.63) is 40.4 Å². The van der Waals surface area contributed by atoms with Crippen LogP contribution in [0.3, 0.4) is 0 Å². The molecule has 1 aliphatic heterocycles. The third-order valence-corrected chi connectivity index (χ3v) is 4.85. The van der Waals surface area contributed by atoms with Crippen LogP contribution in [-0.2, 0) is 9.59 Å². The summed E-state index contributed by atoms with van der Waals surface area (Å²) in [5.74, 6) is 0.713. The zero-order valence-electron chi connectivity index (χ0n) is 11.5. The summed E-state index contributed by atoms with van der Waals surface area (Å²) in [6.07, 6.45) is 3.44. The Kier molecular flexibility index (Phi) is 3.66. The van der Waals surface area contributed by atoms with Crippen molar-refractivity contribution in [3.63, 3.8) is 0 Å². The summed E-state index contributed by atoms with van der Waals surface area (Å²) in [5.41, 5.74) is 2.88. The van der Waals surface area contributed by atoms with Gasteiger partial charge in [0.1, 0.15) is 0 Å². The van der Waals surface area contributed by atoms with Crippen LogP contribution in [0.15, 0.2) is 34.9 Å². The van der Waals surface area contributed by atoms with Gasteiger partial charge >= 0.3 is 0 Å². The highest BCUT2D eigenvalue weighted by atomic mass is 32.2. The minimum atomic E-state index is 0.0692. The quantitative estimate of drug-likeness (QED) is 0.743. The van der Waals surface area contributed by atoms with Crippen molar-refractivity contribution in [2.45, 2.75) is 32.6 Å². The smallest absolute Gasteiger partial charge is 0.242 e. The first-order valence-corrected chi connectivity index (χ1v) is 7.94. The summed E-state index contributed by atoms with van der Waals surface area (Å²) in [4.78, 5) is 26.0. The monoisotopic (exact) mass is 287 g/mol. The fourth-order valence-corrected chi connectivity index (χ4v) is 3.77. The highest BCUT2D eigenvalue weighted by Crippen LogP contribution is 2.39. The van der Waals surface area contributed by atoms with Crippen molar-refractivity contribution < 1.29 is 9.59 Å². The third-order valence-electron chi connectivity index (χ3n) is 3.75. The van der Waals surface area contributed by atoms with Crippen LogP contribution in [0, 0.1) is 6.92 Å². The maximum absolute atomic E-state index is 12.2. The average Bonchev–Trinajstić information content (AvgIpc) is 2.82. The molecule has 1 aromatic carbocycles. The van der Waals surface area contributed by atoms with Crippen molar-refractivity contribution in [2.24, 2.45) is 0 Å². The van der Waals surface area contributed by atoms with Gasteiger partial charge in [-0.25, -0.2) is 0 Å². The molecule has 2 aliphatic rings. The van der Waals surface area contributed by atoms with E-state index in [-0.39, 0.29) is 11.7 Å². The van der Waals surface area contributed by atoms with Gasteiger partial charge < -0.3 is 0 Å². The number of Topliss-reactive ketones (excluding diaryl/α,β-unsaturated/α-hetero) is 1. The molecule has 0 N–H and O–H groups in total. The maximum Gasteiger partial charge on any atom is 0.242 e. The lowest BCUT2D eigenvalue weighted by Crippen LogP contribution is -2.26. The summed E-state index contributed by atoms with van der Waals surface area (Å²) >= 11 is 1.50. The van der Waals surface area contributed by atoms with Gasteiger partial charge in [-0.2, -0.15) is 0 Å².